The van der Waals surface area contributed by atoms with Crippen LogP contribution in [-0.4, -0.2) is 27.0 Å². The Labute approximate surface area is 124 Å². The van der Waals surface area contributed by atoms with Gasteiger partial charge < -0.3 is 4.57 Å². The second-order valence-corrected chi connectivity index (χ2v) is 6.17. The molecule has 106 valence electrons. The van der Waals surface area contributed by atoms with Crippen LogP contribution in [0.4, 0.5) is 0 Å². The molecule has 0 N–H and O–H groups in total. The van der Waals surface area contributed by atoms with Crippen LogP contribution in [0.5, 0.6) is 0 Å². The van der Waals surface area contributed by atoms with Crippen LogP contribution in [0.15, 0.2) is 29.8 Å². The number of hydrogen-bond acceptors (Lipinski definition) is 2. The molecule has 0 aliphatic carbocycles. The third-order valence-electron chi connectivity index (χ3n) is 3.98. The summed E-state index contributed by atoms with van der Waals surface area (Å²) in [6.45, 7) is 9.37. The highest BCUT2D eigenvalue weighted by molar-refractivity contribution is 6.29. The molecule has 20 heavy (non-hydrogen) atoms. The number of halogens is 1. The van der Waals surface area contributed by atoms with Crippen LogP contribution in [0.25, 0.3) is 11.0 Å². The van der Waals surface area contributed by atoms with Crippen LogP contribution in [0.1, 0.15) is 26.3 Å². The molecular formula is C16H20ClN3. The SMILES string of the molecule is CC(C)=CCN1Cc2cccc3nc(Cl)n(c23)C[C@@H]1C. The molecule has 3 rings (SSSR count). The number of para-hydroxylation sites is 1. The Balaban J connectivity index is 2.03. The Morgan fingerprint density at radius 3 is 3.00 bits per heavy atom. The van der Waals surface area contributed by atoms with Crippen molar-refractivity contribution in [1.29, 1.82) is 0 Å². The summed E-state index contributed by atoms with van der Waals surface area (Å²) in [6, 6.07) is 6.73. The van der Waals surface area contributed by atoms with Crippen LogP contribution < -0.4 is 0 Å². The molecule has 3 nitrogen and oxygen atoms in total. The van der Waals surface area contributed by atoms with E-state index in [1.54, 1.807) is 0 Å². The Hall–Kier alpha value is -1.32. The summed E-state index contributed by atoms with van der Waals surface area (Å²) in [6.07, 6.45) is 2.29. The molecule has 1 aliphatic heterocycles. The normalized spacial score (nSPS) is 19.1. The van der Waals surface area contributed by atoms with Gasteiger partial charge in [0.05, 0.1) is 11.0 Å². The monoisotopic (exact) mass is 289 g/mol. The van der Waals surface area contributed by atoms with E-state index in [4.69, 9.17) is 11.6 Å². The van der Waals surface area contributed by atoms with Crippen LogP contribution in [0.3, 0.4) is 0 Å². The third kappa shape index (κ3) is 2.36. The van der Waals surface area contributed by atoms with Gasteiger partial charge in [-0.1, -0.05) is 23.8 Å². The maximum atomic E-state index is 6.31. The first kappa shape index (κ1) is 13.7. The van der Waals surface area contributed by atoms with Crippen molar-refractivity contribution in [2.45, 2.75) is 39.9 Å². The van der Waals surface area contributed by atoms with Gasteiger partial charge in [0.15, 0.2) is 0 Å². The first-order chi connectivity index (χ1) is 9.56. The van der Waals surface area contributed by atoms with E-state index in [-0.39, 0.29) is 0 Å². The molecular weight excluding hydrogens is 270 g/mol. The van der Waals surface area contributed by atoms with Crippen molar-refractivity contribution in [2.75, 3.05) is 6.54 Å². The Kier molecular flexibility index (Phi) is 3.57. The van der Waals surface area contributed by atoms with E-state index < -0.39 is 0 Å². The minimum absolute atomic E-state index is 0.438. The zero-order valence-corrected chi connectivity index (χ0v) is 13.0. The van der Waals surface area contributed by atoms with Gasteiger partial charge in [-0.3, -0.25) is 4.90 Å². The van der Waals surface area contributed by atoms with Crippen molar-refractivity contribution in [1.82, 2.24) is 14.5 Å². The fourth-order valence-corrected chi connectivity index (χ4v) is 3.07. The van der Waals surface area contributed by atoms with E-state index >= 15 is 0 Å². The molecule has 1 atom stereocenters. The maximum absolute atomic E-state index is 6.31. The number of aromatic nitrogens is 2. The second kappa shape index (κ2) is 5.23. The van der Waals surface area contributed by atoms with Gasteiger partial charge >= 0.3 is 0 Å². The highest BCUT2D eigenvalue weighted by Gasteiger charge is 2.23. The standard InChI is InChI=1S/C16H20ClN3/c1-11(2)7-8-19-10-13-5-4-6-14-15(13)20(9-12(19)3)16(17)18-14/h4-7,12H,8-10H2,1-3H3/t12-/m0/s1. The predicted molar refractivity (Wildman–Crippen MR) is 84.0 cm³/mol. The Bertz CT molecular complexity index is 668. The molecule has 2 aromatic rings. The summed E-state index contributed by atoms with van der Waals surface area (Å²) in [5.74, 6) is 0. The van der Waals surface area contributed by atoms with E-state index in [9.17, 15) is 0 Å². The largest absolute Gasteiger partial charge is 0.313 e. The van der Waals surface area contributed by atoms with Crippen molar-refractivity contribution in [2.24, 2.45) is 0 Å². The van der Waals surface area contributed by atoms with Crippen LogP contribution in [-0.2, 0) is 13.1 Å². The summed E-state index contributed by atoms with van der Waals surface area (Å²) < 4.78 is 2.15. The van der Waals surface area contributed by atoms with Crippen molar-refractivity contribution >= 4 is 22.6 Å². The van der Waals surface area contributed by atoms with Crippen molar-refractivity contribution in [3.05, 3.63) is 40.7 Å². The van der Waals surface area contributed by atoms with E-state index in [1.807, 2.05) is 6.07 Å². The van der Waals surface area contributed by atoms with Gasteiger partial charge in [-0.2, -0.15) is 0 Å². The molecule has 0 fully saturated rings. The molecule has 1 aromatic carbocycles. The lowest BCUT2D eigenvalue weighted by atomic mass is 10.1. The smallest absolute Gasteiger partial charge is 0.203 e. The molecule has 0 saturated carbocycles. The molecule has 0 amide bonds. The average molecular weight is 290 g/mol. The number of hydrogen-bond donors (Lipinski definition) is 0. The molecule has 4 heteroatoms. The number of nitrogens with zero attached hydrogens (tertiary/aromatic N) is 3. The molecule has 0 bridgehead atoms. The summed E-state index contributed by atoms with van der Waals surface area (Å²) in [5.41, 5.74) is 4.88. The second-order valence-electron chi connectivity index (χ2n) is 5.84. The summed E-state index contributed by atoms with van der Waals surface area (Å²) in [4.78, 5) is 6.95. The molecule has 2 heterocycles. The topological polar surface area (TPSA) is 21.1 Å². The van der Waals surface area contributed by atoms with Crippen molar-refractivity contribution < 1.29 is 0 Å². The first-order valence-corrected chi connectivity index (χ1v) is 7.45. The number of allylic oxidation sites excluding steroid dienone is 1. The lowest BCUT2D eigenvalue weighted by molar-refractivity contribution is 0.211. The Morgan fingerprint density at radius 2 is 2.25 bits per heavy atom. The van der Waals surface area contributed by atoms with Gasteiger partial charge in [0.2, 0.25) is 5.28 Å². The molecule has 0 radical (unpaired) electrons. The maximum Gasteiger partial charge on any atom is 0.203 e. The minimum atomic E-state index is 0.438. The van der Waals surface area contributed by atoms with Crippen LogP contribution in [0, 0.1) is 0 Å². The lowest BCUT2D eigenvalue weighted by Crippen LogP contribution is -2.34. The van der Waals surface area contributed by atoms with Crippen molar-refractivity contribution in [3.63, 3.8) is 0 Å². The predicted octanol–water partition coefficient (Wildman–Crippen LogP) is 3.86. The van der Waals surface area contributed by atoms with Crippen molar-refractivity contribution in [3.8, 4) is 0 Å². The highest BCUT2D eigenvalue weighted by atomic mass is 35.5. The van der Waals surface area contributed by atoms with E-state index in [0.717, 1.165) is 25.2 Å². The van der Waals surface area contributed by atoms with Crippen LogP contribution in [0.2, 0.25) is 5.28 Å². The summed E-state index contributed by atoms with van der Waals surface area (Å²) in [7, 11) is 0. The first-order valence-electron chi connectivity index (χ1n) is 7.07. The van der Waals surface area contributed by atoms with Gasteiger partial charge in [-0.05, 0) is 44.0 Å². The number of rotatable bonds is 2. The zero-order valence-electron chi connectivity index (χ0n) is 12.2. The molecule has 0 unspecified atom stereocenters. The Morgan fingerprint density at radius 1 is 1.45 bits per heavy atom. The molecule has 1 aliphatic rings. The molecule has 0 spiro atoms. The quantitative estimate of drug-likeness (QED) is 0.783. The van der Waals surface area contributed by atoms with Gasteiger partial charge in [0.25, 0.3) is 0 Å². The van der Waals surface area contributed by atoms with Gasteiger partial charge in [0, 0.05) is 25.7 Å². The van der Waals surface area contributed by atoms with E-state index in [2.05, 4.69) is 53.4 Å². The van der Waals surface area contributed by atoms with Gasteiger partial charge in [0.1, 0.15) is 0 Å². The number of imidazole rings is 1. The summed E-state index contributed by atoms with van der Waals surface area (Å²) >= 11 is 6.31. The van der Waals surface area contributed by atoms with Crippen LogP contribution >= 0.6 is 11.6 Å². The molecule has 1 aromatic heterocycles. The lowest BCUT2D eigenvalue weighted by Gasteiger charge is -2.26. The van der Waals surface area contributed by atoms with Gasteiger partial charge in [-0.25, -0.2) is 4.98 Å². The fourth-order valence-electron chi connectivity index (χ4n) is 2.82. The van der Waals surface area contributed by atoms with E-state index in [1.165, 1.54) is 16.7 Å². The minimum Gasteiger partial charge on any atom is -0.313 e. The average Bonchev–Trinajstić information content (AvgIpc) is 2.62. The summed E-state index contributed by atoms with van der Waals surface area (Å²) in [5, 5.41) is 0.600. The molecule has 0 saturated heterocycles. The zero-order chi connectivity index (χ0) is 14.3. The van der Waals surface area contributed by atoms with Gasteiger partial charge in [-0.15, -0.1) is 0 Å². The number of benzene rings is 1. The fraction of sp³-hybridized carbons (Fsp3) is 0.438. The van der Waals surface area contributed by atoms with E-state index in [0.29, 0.717) is 11.3 Å². The third-order valence-corrected chi connectivity index (χ3v) is 4.27. The highest BCUT2D eigenvalue weighted by Crippen LogP contribution is 2.28.